The molecule has 1 aromatic rings. The summed E-state index contributed by atoms with van der Waals surface area (Å²) in [5.74, 6) is -0.259. The molecule has 1 heterocycles. The van der Waals surface area contributed by atoms with E-state index in [-0.39, 0.29) is 24.0 Å². The predicted molar refractivity (Wildman–Crippen MR) is 102 cm³/mol. The second-order valence-corrected chi connectivity index (χ2v) is 10.1. The Hall–Kier alpha value is -1.93. The molecule has 6 nitrogen and oxygen atoms in total. The first kappa shape index (κ1) is 21.3. The molecule has 2 N–H and O–H groups in total. The van der Waals surface area contributed by atoms with Crippen molar-refractivity contribution in [2.75, 3.05) is 13.1 Å². The van der Waals surface area contributed by atoms with E-state index in [9.17, 15) is 26.7 Å². The molecule has 0 amide bonds. The molecule has 10 heteroatoms. The van der Waals surface area contributed by atoms with Gasteiger partial charge in [0.1, 0.15) is 12.6 Å². The van der Waals surface area contributed by atoms with E-state index in [1.54, 1.807) is 12.1 Å². The average Bonchev–Trinajstić information content (AvgIpc) is 3.03. The third-order valence-electron chi connectivity index (χ3n) is 6.73. The van der Waals surface area contributed by atoms with E-state index in [1.807, 2.05) is 12.1 Å². The standard InChI is InChI=1S/C20H22F3N3O3S/c1-12(9-24)18(27)14-3-2-13-7-16-4-5-17(8-15(13)6-14)19(16)10-26(11-20(21,22)23)30(28,29)25-19/h2-3,6,16-18,25,27H,1,4-5,7-8,10-11H2/t16-,17+,18?,19+/m0/s1. The van der Waals surface area contributed by atoms with Gasteiger partial charge in [-0.05, 0) is 54.2 Å². The van der Waals surface area contributed by atoms with Crippen molar-refractivity contribution < 1.29 is 26.7 Å². The van der Waals surface area contributed by atoms with Gasteiger partial charge in [0.25, 0.3) is 10.2 Å². The van der Waals surface area contributed by atoms with E-state index in [0.29, 0.717) is 29.1 Å². The zero-order valence-corrected chi connectivity index (χ0v) is 16.9. The fraction of sp³-hybridized carbons (Fsp3) is 0.550. The van der Waals surface area contributed by atoms with Crippen molar-refractivity contribution in [3.05, 3.63) is 47.0 Å². The Morgan fingerprint density at radius 2 is 1.97 bits per heavy atom. The first-order chi connectivity index (χ1) is 13.9. The highest BCUT2D eigenvalue weighted by Crippen LogP contribution is 2.50. The lowest BCUT2D eigenvalue weighted by atomic mass is 9.79. The van der Waals surface area contributed by atoms with Gasteiger partial charge in [0.2, 0.25) is 0 Å². The SMILES string of the molecule is C=C(C#N)C(O)c1ccc2c(c1)C[C@H]1CC[C@@H](C2)[C@]12CN(CC(F)(F)F)S(=O)(=O)N2. The highest BCUT2D eigenvalue weighted by atomic mass is 32.2. The Kier molecular flexibility index (Phi) is 5.01. The Labute approximate surface area is 173 Å². The second-order valence-electron chi connectivity index (χ2n) is 8.48. The highest BCUT2D eigenvalue weighted by Gasteiger charge is 2.60. The summed E-state index contributed by atoms with van der Waals surface area (Å²) in [6, 6.07) is 7.20. The summed E-state index contributed by atoms with van der Waals surface area (Å²) in [6.07, 6.45) is -3.24. The van der Waals surface area contributed by atoms with Crippen LogP contribution in [-0.4, -0.2) is 42.6 Å². The lowest BCUT2D eigenvalue weighted by Gasteiger charge is -2.33. The molecule has 0 aromatic heterocycles. The minimum absolute atomic E-state index is 0.0212. The van der Waals surface area contributed by atoms with Crippen LogP contribution in [0.2, 0.25) is 0 Å². The molecule has 3 aliphatic rings. The minimum Gasteiger partial charge on any atom is -0.383 e. The van der Waals surface area contributed by atoms with Crippen molar-refractivity contribution in [1.29, 1.82) is 5.26 Å². The molecule has 4 rings (SSSR count). The smallest absolute Gasteiger partial charge is 0.383 e. The first-order valence-corrected chi connectivity index (χ1v) is 11.1. The van der Waals surface area contributed by atoms with Gasteiger partial charge in [0.15, 0.2) is 0 Å². The van der Waals surface area contributed by atoms with Gasteiger partial charge in [0, 0.05) is 6.54 Å². The fourth-order valence-corrected chi connectivity index (χ4v) is 7.00. The number of aliphatic hydroxyl groups is 1. The number of rotatable bonds is 3. The topological polar surface area (TPSA) is 93.4 Å². The van der Waals surface area contributed by atoms with Crippen LogP contribution >= 0.6 is 0 Å². The van der Waals surface area contributed by atoms with E-state index in [4.69, 9.17) is 5.26 Å². The van der Waals surface area contributed by atoms with Crippen molar-refractivity contribution in [3.8, 4) is 6.07 Å². The summed E-state index contributed by atoms with van der Waals surface area (Å²) in [7, 11) is -4.22. The van der Waals surface area contributed by atoms with E-state index < -0.39 is 34.6 Å². The Balaban J connectivity index is 1.66. The number of nitriles is 1. The molecule has 1 aromatic carbocycles. The van der Waals surface area contributed by atoms with Crippen LogP contribution in [0.4, 0.5) is 13.2 Å². The number of halogens is 3. The van der Waals surface area contributed by atoms with Gasteiger partial charge in [-0.1, -0.05) is 24.8 Å². The molecule has 0 radical (unpaired) electrons. The molecule has 2 fully saturated rings. The number of benzene rings is 1. The second kappa shape index (κ2) is 7.05. The monoisotopic (exact) mass is 441 g/mol. The Bertz CT molecular complexity index is 1030. The van der Waals surface area contributed by atoms with E-state index in [2.05, 4.69) is 11.3 Å². The molecule has 1 saturated heterocycles. The minimum atomic E-state index is -4.61. The van der Waals surface area contributed by atoms with Gasteiger partial charge in [-0.3, -0.25) is 0 Å². The molecule has 1 saturated carbocycles. The number of hydrogen-bond donors (Lipinski definition) is 2. The van der Waals surface area contributed by atoms with Crippen molar-refractivity contribution in [1.82, 2.24) is 9.03 Å². The normalized spacial score (nSPS) is 31.2. The number of alkyl halides is 3. The van der Waals surface area contributed by atoms with Crippen LogP contribution in [0.3, 0.4) is 0 Å². The van der Waals surface area contributed by atoms with Crippen LogP contribution in [-0.2, 0) is 23.1 Å². The molecule has 4 atom stereocenters. The maximum Gasteiger partial charge on any atom is 0.402 e. The molecule has 162 valence electrons. The molecule has 2 aliphatic carbocycles. The number of hydrogen-bond acceptors (Lipinski definition) is 4. The van der Waals surface area contributed by atoms with Crippen LogP contribution in [0.1, 0.15) is 35.6 Å². The third-order valence-corrected chi connectivity index (χ3v) is 8.30. The molecule has 1 spiro atoms. The van der Waals surface area contributed by atoms with Gasteiger partial charge in [0.05, 0.1) is 17.2 Å². The lowest BCUT2D eigenvalue weighted by Crippen LogP contribution is -2.52. The van der Waals surface area contributed by atoms with Crippen molar-refractivity contribution in [2.45, 2.75) is 43.5 Å². The molecular formula is C20H22F3N3O3S. The molecule has 1 aliphatic heterocycles. The van der Waals surface area contributed by atoms with Crippen molar-refractivity contribution in [2.24, 2.45) is 11.8 Å². The number of nitrogens with zero attached hydrogens (tertiary/aromatic N) is 2. The maximum atomic E-state index is 12.9. The molecule has 30 heavy (non-hydrogen) atoms. The quantitative estimate of drug-likeness (QED) is 0.705. The largest absolute Gasteiger partial charge is 0.402 e. The summed E-state index contributed by atoms with van der Waals surface area (Å²) in [5.41, 5.74) is 1.54. The van der Waals surface area contributed by atoms with E-state index in [0.717, 1.165) is 17.5 Å². The Morgan fingerprint density at radius 3 is 2.57 bits per heavy atom. The van der Waals surface area contributed by atoms with Crippen molar-refractivity contribution in [3.63, 3.8) is 0 Å². The lowest BCUT2D eigenvalue weighted by molar-refractivity contribution is -0.136. The van der Waals surface area contributed by atoms with Gasteiger partial charge in [-0.2, -0.15) is 35.9 Å². The van der Waals surface area contributed by atoms with Gasteiger partial charge < -0.3 is 5.11 Å². The zero-order valence-electron chi connectivity index (χ0n) is 16.1. The molecular weight excluding hydrogens is 419 g/mol. The van der Waals surface area contributed by atoms with E-state index >= 15 is 0 Å². The number of fused-ring (bicyclic) bond motifs is 1. The fourth-order valence-electron chi connectivity index (χ4n) is 5.30. The van der Waals surface area contributed by atoms with Gasteiger partial charge in [-0.15, -0.1) is 0 Å². The summed E-state index contributed by atoms with van der Waals surface area (Å²) < 4.78 is 67.0. The van der Waals surface area contributed by atoms with Crippen LogP contribution in [0.25, 0.3) is 0 Å². The zero-order chi connectivity index (χ0) is 21.9. The summed E-state index contributed by atoms with van der Waals surface area (Å²) in [6.45, 7) is 1.85. The summed E-state index contributed by atoms with van der Waals surface area (Å²) >= 11 is 0. The number of aliphatic hydroxyl groups excluding tert-OH is 1. The predicted octanol–water partition coefficient (Wildman–Crippen LogP) is 2.38. The first-order valence-electron chi connectivity index (χ1n) is 9.69. The average molecular weight is 441 g/mol. The third kappa shape index (κ3) is 3.54. The molecule has 1 unspecified atom stereocenters. The van der Waals surface area contributed by atoms with Crippen LogP contribution in [0.15, 0.2) is 30.4 Å². The van der Waals surface area contributed by atoms with Gasteiger partial charge in [-0.25, -0.2) is 0 Å². The Morgan fingerprint density at radius 1 is 1.33 bits per heavy atom. The van der Waals surface area contributed by atoms with Crippen LogP contribution in [0, 0.1) is 23.2 Å². The number of nitrogens with one attached hydrogen (secondary N) is 1. The summed E-state index contributed by atoms with van der Waals surface area (Å²) in [5, 5.41) is 19.3. The maximum absolute atomic E-state index is 12.9. The van der Waals surface area contributed by atoms with E-state index in [1.165, 1.54) is 0 Å². The molecule has 2 bridgehead atoms. The van der Waals surface area contributed by atoms with Crippen LogP contribution in [0.5, 0.6) is 0 Å². The van der Waals surface area contributed by atoms with Crippen molar-refractivity contribution >= 4 is 10.2 Å². The highest BCUT2D eigenvalue weighted by molar-refractivity contribution is 7.87. The van der Waals surface area contributed by atoms with Gasteiger partial charge >= 0.3 is 6.18 Å². The summed E-state index contributed by atoms with van der Waals surface area (Å²) in [4.78, 5) is 0. The van der Waals surface area contributed by atoms with Crippen LogP contribution < -0.4 is 4.72 Å².